The summed E-state index contributed by atoms with van der Waals surface area (Å²) in [5.74, 6) is 1.28. The van der Waals surface area contributed by atoms with Crippen molar-refractivity contribution in [3.8, 4) is 0 Å². The van der Waals surface area contributed by atoms with Crippen molar-refractivity contribution < 1.29 is 9.53 Å². The molecule has 3 heteroatoms. The van der Waals surface area contributed by atoms with Crippen molar-refractivity contribution in [1.29, 1.82) is 0 Å². The summed E-state index contributed by atoms with van der Waals surface area (Å²) in [6.45, 7) is 11.5. The highest BCUT2D eigenvalue weighted by Gasteiger charge is 2.36. The summed E-state index contributed by atoms with van der Waals surface area (Å²) in [4.78, 5) is 12.2. The third-order valence-electron chi connectivity index (χ3n) is 4.91. The van der Waals surface area contributed by atoms with Crippen molar-refractivity contribution >= 4 is 5.91 Å². The fourth-order valence-electron chi connectivity index (χ4n) is 3.22. The lowest BCUT2D eigenvalue weighted by Gasteiger charge is -2.39. The van der Waals surface area contributed by atoms with Crippen LogP contribution in [-0.2, 0) is 9.53 Å². The van der Waals surface area contributed by atoms with Crippen LogP contribution in [0.1, 0.15) is 53.4 Å². The lowest BCUT2D eigenvalue weighted by Crippen LogP contribution is -2.49. The first kappa shape index (κ1) is 14.8. The van der Waals surface area contributed by atoms with Crippen molar-refractivity contribution in [2.45, 2.75) is 53.4 Å². The Morgan fingerprint density at radius 3 is 2.21 bits per heavy atom. The largest absolute Gasteiger partial charge is 0.380 e. The van der Waals surface area contributed by atoms with Gasteiger partial charge in [-0.1, -0.05) is 27.7 Å². The smallest absolute Gasteiger partial charge is 0.223 e. The van der Waals surface area contributed by atoms with E-state index in [4.69, 9.17) is 4.74 Å². The average molecular weight is 267 g/mol. The molecule has 0 aromatic rings. The topological polar surface area (TPSA) is 38.3 Å². The van der Waals surface area contributed by atoms with E-state index >= 15 is 0 Å². The number of rotatable bonds is 3. The fraction of sp³-hybridized carbons (Fsp3) is 0.938. The highest BCUT2D eigenvalue weighted by Crippen LogP contribution is 2.39. The van der Waals surface area contributed by atoms with Gasteiger partial charge in [-0.3, -0.25) is 4.79 Å². The molecule has 1 aliphatic heterocycles. The molecule has 0 bridgehead atoms. The predicted octanol–water partition coefficient (Wildman–Crippen LogP) is 2.99. The fourth-order valence-corrected chi connectivity index (χ4v) is 3.22. The molecule has 0 atom stereocenters. The Bertz CT molecular complexity index is 320. The molecule has 1 aliphatic carbocycles. The lowest BCUT2D eigenvalue weighted by molar-refractivity contribution is -0.131. The molecule has 1 heterocycles. The second-order valence-corrected chi connectivity index (χ2v) is 7.94. The van der Waals surface area contributed by atoms with Gasteiger partial charge >= 0.3 is 0 Å². The third kappa shape index (κ3) is 3.71. The van der Waals surface area contributed by atoms with E-state index in [0.717, 1.165) is 38.5 Å². The molecule has 2 aliphatic rings. The van der Waals surface area contributed by atoms with Crippen LogP contribution >= 0.6 is 0 Å². The summed E-state index contributed by atoms with van der Waals surface area (Å²) in [5, 5.41) is 3.13. The molecule has 2 fully saturated rings. The monoisotopic (exact) mass is 267 g/mol. The number of hydrogen-bond donors (Lipinski definition) is 1. The Labute approximate surface area is 117 Å². The number of amides is 1. The SMILES string of the molecule is CC1(CNC(=O)C2CCC(C(C)(C)C)CC2)COC1. The van der Waals surface area contributed by atoms with E-state index in [1.807, 2.05) is 0 Å². The van der Waals surface area contributed by atoms with Crippen LogP contribution in [0.25, 0.3) is 0 Å². The second kappa shape index (κ2) is 5.43. The van der Waals surface area contributed by atoms with Crippen LogP contribution in [0.5, 0.6) is 0 Å². The van der Waals surface area contributed by atoms with Gasteiger partial charge in [-0.25, -0.2) is 0 Å². The summed E-state index contributed by atoms with van der Waals surface area (Å²) >= 11 is 0. The van der Waals surface area contributed by atoms with Gasteiger partial charge in [0.15, 0.2) is 0 Å². The minimum atomic E-state index is 0.179. The van der Waals surface area contributed by atoms with E-state index in [-0.39, 0.29) is 17.2 Å². The molecule has 1 saturated heterocycles. The Morgan fingerprint density at radius 1 is 1.21 bits per heavy atom. The maximum Gasteiger partial charge on any atom is 0.223 e. The Morgan fingerprint density at radius 2 is 1.79 bits per heavy atom. The highest BCUT2D eigenvalue weighted by molar-refractivity contribution is 5.78. The maximum absolute atomic E-state index is 12.2. The van der Waals surface area contributed by atoms with E-state index in [9.17, 15) is 4.79 Å². The van der Waals surface area contributed by atoms with Crippen LogP contribution in [0.15, 0.2) is 0 Å². The van der Waals surface area contributed by atoms with Crippen molar-refractivity contribution in [1.82, 2.24) is 5.32 Å². The molecule has 0 unspecified atom stereocenters. The molecule has 1 N–H and O–H groups in total. The average Bonchev–Trinajstić information content (AvgIpc) is 2.33. The number of nitrogens with one attached hydrogen (secondary N) is 1. The molecule has 0 aromatic heterocycles. The van der Waals surface area contributed by atoms with Crippen molar-refractivity contribution in [3.63, 3.8) is 0 Å². The first-order valence-corrected chi connectivity index (χ1v) is 7.66. The lowest BCUT2D eigenvalue weighted by atomic mass is 9.69. The minimum Gasteiger partial charge on any atom is -0.380 e. The molecule has 2 rings (SSSR count). The van der Waals surface area contributed by atoms with Crippen LogP contribution in [0.4, 0.5) is 0 Å². The first-order chi connectivity index (χ1) is 8.80. The van der Waals surface area contributed by atoms with Gasteiger partial charge in [-0.2, -0.15) is 0 Å². The van der Waals surface area contributed by atoms with Crippen LogP contribution in [0.3, 0.4) is 0 Å². The van der Waals surface area contributed by atoms with Crippen molar-refractivity contribution in [3.05, 3.63) is 0 Å². The van der Waals surface area contributed by atoms with Gasteiger partial charge in [0.25, 0.3) is 0 Å². The van der Waals surface area contributed by atoms with Crippen LogP contribution < -0.4 is 5.32 Å². The maximum atomic E-state index is 12.2. The number of carbonyl (C=O) groups is 1. The zero-order valence-electron chi connectivity index (χ0n) is 12.9. The summed E-state index contributed by atoms with van der Waals surface area (Å²) in [6.07, 6.45) is 4.51. The van der Waals surface area contributed by atoms with Crippen LogP contribution in [0, 0.1) is 22.7 Å². The molecule has 3 nitrogen and oxygen atoms in total. The van der Waals surface area contributed by atoms with Gasteiger partial charge in [0.05, 0.1) is 13.2 Å². The number of ether oxygens (including phenoxy) is 1. The minimum absolute atomic E-state index is 0.179. The Balaban J connectivity index is 1.73. The van der Waals surface area contributed by atoms with E-state index in [1.165, 1.54) is 12.8 Å². The van der Waals surface area contributed by atoms with Crippen molar-refractivity contribution in [2.24, 2.45) is 22.7 Å². The zero-order valence-corrected chi connectivity index (χ0v) is 12.9. The summed E-state index contributed by atoms with van der Waals surface area (Å²) in [5.41, 5.74) is 0.566. The molecule has 19 heavy (non-hydrogen) atoms. The summed E-state index contributed by atoms with van der Waals surface area (Å²) < 4.78 is 5.22. The molecule has 1 amide bonds. The summed E-state index contributed by atoms with van der Waals surface area (Å²) in [6, 6.07) is 0. The van der Waals surface area contributed by atoms with Gasteiger partial charge in [-0.05, 0) is 37.0 Å². The third-order valence-corrected chi connectivity index (χ3v) is 4.91. The number of hydrogen-bond acceptors (Lipinski definition) is 2. The second-order valence-electron chi connectivity index (χ2n) is 7.94. The van der Waals surface area contributed by atoms with Gasteiger partial charge in [0.1, 0.15) is 0 Å². The van der Waals surface area contributed by atoms with Gasteiger partial charge in [0, 0.05) is 17.9 Å². The molecule has 0 aromatic carbocycles. The summed E-state index contributed by atoms with van der Waals surface area (Å²) in [7, 11) is 0. The van der Waals surface area contributed by atoms with E-state index in [1.54, 1.807) is 0 Å². The van der Waals surface area contributed by atoms with Gasteiger partial charge < -0.3 is 10.1 Å². The van der Waals surface area contributed by atoms with E-state index < -0.39 is 0 Å². The molecular formula is C16H29NO2. The van der Waals surface area contributed by atoms with Gasteiger partial charge in [-0.15, -0.1) is 0 Å². The number of carbonyl (C=O) groups excluding carboxylic acids is 1. The predicted molar refractivity (Wildman–Crippen MR) is 76.8 cm³/mol. The first-order valence-electron chi connectivity index (χ1n) is 7.66. The standard InChI is InChI=1S/C16H29NO2/c1-15(2,3)13-7-5-12(6-8-13)14(18)17-9-16(4)10-19-11-16/h12-13H,5-11H2,1-4H3,(H,17,18). The Hall–Kier alpha value is -0.570. The molecule has 1 saturated carbocycles. The van der Waals surface area contributed by atoms with Crippen LogP contribution in [-0.4, -0.2) is 25.7 Å². The normalized spacial score (nSPS) is 30.5. The highest BCUT2D eigenvalue weighted by atomic mass is 16.5. The quantitative estimate of drug-likeness (QED) is 0.853. The zero-order chi connectivity index (χ0) is 14.1. The van der Waals surface area contributed by atoms with E-state index in [2.05, 4.69) is 33.0 Å². The van der Waals surface area contributed by atoms with E-state index in [0.29, 0.717) is 5.41 Å². The molecule has 0 spiro atoms. The Kier molecular flexibility index (Phi) is 4.24. The molecular weight excluding hydrogens is 238 g/mol. The molecule has 0 radical (unpaired) electrons. The van der Waals surface area contributed by atoms with Crippen molar-refractivity contribution in [2.75, 3.05) is 19.8 Å². The van der Waals surface area contributed by atoms with Gasteiger partial charge in [0.2, 0.25) is 5.91 Å². The molecule has 110 valence electrons. The van der Waals surface area contributed by atoms with Crippen LogP contribution in [0.2, 0.25) is 0 Å².